The summed E-state index contributed by atoms with van der Waals surface area (Å²) in [7, 11) is -4.79. The Labute approximate surface area is 253 Å². The van der Waals surface area contributed by atoms with Gasteiger partial charge in [0.1, 0.15) is 0 Å². The van der Waals surface area contributed by atoms with Crippen LogP contribution >= 0.6 is 0 Å². The van der Waals surface area contributed by atoms with Crippen LogP contribution in [-0.4, -0.2) is 42.0 Å². The first-order chi connectivity index (χ1) is 17.0. The second-order valence-electron chi connectivity index (χ2n) is 15.4. The van der Waals surface area contributed by atoms with Crippen molar-refractivity contribution in [2.24, 2.45) is 56.7 Å². The fourth-order valence-corrected chi connectivity index (χ4v) is 12.2. The maximum absolute atomic E-state index is 11.3. The maximum atomic E-state index is 11.3. The molecule has 5 saturated carbocycles. The van der Waals surface area contributed by atoms with E-state index < -0.39 is 21.9 Å². The van der Waals surface area contributed by atoms with Crippen LogP contribution in [0.1, 0.15) is 112 Å². The molecule has 0 aromatic rings. The molecule has 8 heteroatoms. The fourth-order valence-electron chi connectivity index (χ4n) is 11.8. The second-order valence-corrected chi connectivity index (χ2v) is 16.4. The average Bonchev–Trinajstić information content (AvgIpc) is 3.36. The SMILES string of the molecule is CC(C)C[C@H](O)C[C@@H](C)[C@H]1CC[C@@]2(C)[C@@H]3CC[C@H]4[C@](C)(COS(=O)(=O)[O-])[C@@H](O)CC[C@@]45C[C@@]35CC[C@]12C.[Na+]. The number of fused-ring (bicyclic) bond motifs is 2. The Morgan fingerprint density at radius 1 is 0.895 bits per heavy atom. The normalized spacial score (nSPS) is 49.2. The first kappa shape index (κ1) is 31.7. The van der Waals surface area contributed by atoms with Crippen molar-refractivity contribution in [1.29, 1.82) is 0 Å². The molecule has 11 atom stereocenters. The molecule has 0 unspecified atom stereocenters. The molecule has 0 bridgehead atoms. The van der Waals surface area contributed by atoms with Crippen LogP contribution in [-0.2, 0) is 14.6 Å². The topological polar surface area (TPSA) is 107 Å². The van der Waals surface area contributed by atoms with Crippen molar-refractivity contribution in [2.45, 2.75) is 124 Å². The van der Waals surface area contributed by atoms with Gasteiger partial charge in [0.2, 0.25) is 10.4 Å². The Morgan fingerprint density at radius 2 is 1.53 bits per heavy atom. The molecule has 5 aliphatic carbocycles. The van der Waals surface area contributed by atoms with Crippen molar-refractivity contribution in [3.8, 4) is 0 Å². The van der Waals surface area contributed by atoms with Gasteiger partial charge in [-0.15, -0.1) is 0 Å². The third-order valence-corrected chi connectivity index (χ3v) is 13.9. The minimum Gasteiger partial charge on any atom is -0.726 e. The van der Waals surface area contributed by atoms with Crippen LogP contribution in [0.3, 0.4) is 0 Å². The van der Waals surface area contributed by atoms with Crippen LogP contribution in [0.4, 0.5) is 0 Å². The Hall–Kier alpha value is 0.790. The monoisotopic (exact) mass is 562 g/mol. The van der Waals surface area contributed by atoms with Crippen molar-refractivity contribution in [3.05, 3.63) is 0 Å². The zero-order valence-electron chi connectivity index (χ0n) is 25.0. The van der Waals surface area contributed by atoms with Gasteiger partial charge >= 0.3 is 29.6 Å². The molecule has 0 radical (unpaired) electrons. The minimum atomic E-state index is -4.79. The van der Waals surface area contributed by atoms with E-state index in [1.165, 1.54) is 32.1 Å². The second kappa shape index (κ2) is 10.2. The molecule has 0 aliphatic heterocycles. The van der Waals surface area contributed by atoms with Crippen molar-refractivity contribution < 1.29 is 56.9 Å². The first-order valence-electron chi connectivity index (χ1n) is 15.0. The van der Waals surface area contributed by atoms with E-state index in [0.29, 0.717) is 30.1 Å². The van der Waals surface area contributed by atoms with E-state index in [2.05, 4.69) is 34.6 Å². The van der Waals surface area contributed by atoms with Crippen LogP contribution in [0, 0.1) is 56.7 Å². The number of rotatable bonds is 8. The number of aliphatic hydroxyl groups excluding tert-OH is 2. The zero-order chi connectivity index (χ0) is 27.2. The van der Waals surface area contributed by atoms with Gasteiger partial charge in [0.25, 0.3) is 0 Å². The molecule has 0 heterocycles. The van der Waals surface area contributed by atoms with Crippen LogP contribution in [0.25, 0.3) is 0 Å². The van der Waals surface area contributed by atoms with Crippen LogP contribution in [0.2, 0.25) is 0 Å². The van der Waals surface area contributed by atoms with E-state index in [0.717, 1.165) is 32.1 Å². The third-order valence-electron chi connectivity index (χ3n) is 13.5. The predicted octanol–water partition coefficient (Wildman–Crippen LogP) is 2.68. The van der Waals surface area contributed by atoms with Gasteiger partial charge in [-0.2, -0.15) is 0 Å². The molecule has 0 amide bonds. The largest absolute Gasteiger partial charge is 1.00 e. The Kier molecular flexibility index (Phi) is 8.52. The minimum absolute atomic E-state index is 0. The summed E-state index contributed by atoms with van der Waals surface area (Å²) in [6.07, 6.45) is 10.8. The van der Waals surface area contributed by atoms with E-state index in [4.69, 9.17) is 4.18 Å². The van der Waals surface area contributed by atoms with E-state index in [-0.39, 0.29) is 69.8 Å². The molecule has 0 aromatic heterocycles. The van der Waals surface area contributed by atoms with Crippen LogP contribution in [0.5, 0.6) is 0 Å². The van der Waals surface area contributed by atoms with Gasteiger partial charge in [0.05, 0.1) is 18.8 Å². The van der Waals surface area contributed by atoms with Crippen LogP contribution in [0.15, 0.2) is 0 Å². The average molecular weight is 563 g/mol. The molecule has 6 nitrogen and oxygen atoms in total. The smallest absolute Gasteiger partial charge is 0.726 e. The molecule has 214 valence electrons. The van der Waals surface area contributed by atoms with Crippen molar-refractivity contribution in [3.63, 3.8) is 0 Å². The number of aliphatic hydroxyl groups is 2. The number of hydrogen-bond donors (Lipinski definition) is 2. The van der Waals surface area contributed by atoms with Crippen LogP contribution < -0.4 is 29.6 Å². The Balaban J connectivity index is 0.00000336. The summed E-state index contributed by atoms with van der Waals surface area (Å²) in [5.74, 6) is 2.51. The van der Waals surface area contributed by atoms with Crippen molar-refractivity contribution >= 4 is 10.4 Å². The molecule has 38 heavy (non-hydrogen) atoms. The predicted molar refractivity (Wildman–Crippen MR) is 142 cm³/mol. The van der Waals surface area contributed by atoms with Gasteiger partial charge in [-0.1, -0.05) is 41.5 Å². The Bertz CT molecular complexity index is 1000. The van der Waals surface area contributed by atoms with E-state index in [9.17, 15) is 23.2 Å². The summed E-state index contributed by atoms with van der Waals surface area (Å²) >= 11 is 0. The molecule has 0 saturated heterocycles. The summed E-state index contributed by atoms with van der Waals surface area (Å²) in [6.45, 7) is 13.6. The standard InChI is InChI=1S/C30H52O6S.Na/c1-19(2)15-21(31)16-20(3)22-9-11-28(6)24-8-7-23-26(4,18-36-37(33,34)35)25(32)10-12-29(23)17-30(24,29)14-13-27(22,28)5;/h19-25,31-32H,7-18H2,1-6H3,(H,33,34,35);/q;+1/p-1/t20-,21+,22-,23+,24+,25+,26+,27-,28+,29-,30+;/m1./s1. The summed E-state index contributed by atoms with van der Waals surface area (Å²) in [4.78, 5) is 0. The molecule has 2 spiro atoms. The summed E-state index contributed by atoms with van der Waals surface area (Å²) in [5, 5.41) is 21.8. The van der Waals surface area contributed by atoms with E-state index in [1.807, 2.05) is 6.92 Å². The van der Waals surface area contributed by atoms with Gasteiger partial charge in [0, 0.05) is 5.41 Å². The first-order valence-corrected chi connectivity index (χ1v) is 16.3. The van der Waals surface area contributed by atoms with E-state index >= 15 is 0 Å². The quantitative estimate of drug-likeness (QED) is 0.268. The summed E-state index contributed by atoms with van der Waals surface area (Å²) in [5.41, 5.74) is 0.250. The zero-order valence-corrected chi connectivity index (χ0v) is 27.8. The Morgan fingerprint density at radius 3 is 2.16 bits per heavy atom. The van der Waals surface area contributed by atoms with E-state index in [1.54, 1.807) is 0 Å². The molecular formula is C30H51NaO6S. The molecule has 2 N–H and O–H groups in total. The maximum Gasteiger partial charge on any atom is 1.00 e. The van der Waals surface area contributed by atoms with Gasteiger partial charge in [-0.05, 0) is 122 Å². The third kappa shape index (κ3) is 4.55. The molecule has 5 fully saturated rings. The molecule has 5 aliphatic rings. The summed E-state index contributed by atoms with van der Waals surface area (Å²) in [6, 6.07) is 0. The van der Waals surface area contributed by atoms with Gasteiger partial charge in [-0.3, -0.25) is 4.18 Å². The van der Waals surface area contributed by atoms with Gasteiger partial charge < -0.3 is 14.8 Å². The van der Waals surface area contributed by atoms with Gasteiger partial charge in [0.15, 0.2) is 0 Å². The van der Waals surface area contributed by atoms with Gasteiger partial charge in [-0.25, -0.2) is 8.42 Å². The fraction of sp³-hybridized carbons (Fsp3) is 1.00. The van der Waals surface area contributed by atoms with Crippen molar-refractivity contribution in [2.75, 3.05) is 6.61 Å². The molecular weight excluding hydrogens is 511 g/mol. The molecule has 0 aromatic carbocycles. The molecule has 5 rings (SSSR count). The number of hydrogen-bond acceptors (Lipinski definition) is 6. The summed E-state index contributed by atoms with van der Waals surface area (Å²) < 4.78 is 38.8. The van der Waals surface area contributed by atoms with Crippen molar-refractivity contribution in [1.82, 2.24) is 0 Å².